The zero-order valence-electron chi connectivity index (χ0n) is 14.1. The number of ether oxygens (including phenoxy) is 1. The lowest BCUT2D eigenvalue weighted by Gasteiger charge is -2.36. The maximum absolute atomic E-state index is 13.6. The van der Waals surface area contributed by atoms with Crippen molar-refractivity contribution in [2.24, 2.45) is 0 Å². The molecule has 0 bridgehead atoms. The van der Waals surface area contributed by atoms with E-state index in [9.17, 15) is 9.18 Å². The SMILES string of the molecule is COc1ccc2scc(N3c4ccc(F)cc4CCC3C)c(=O)c2c1. The van der Waals surface area contributed by atoms with Crippen LogP contribution in [0.4, 0.5) is 15.8 Å². The van der Waals surface area contributed by atoms with Crippen LogP contribution in [0, 0.1) is 5.82 Å². The van der Waals surface area contributed by atoms with Gasteiger partial charge in [0, 0.05) is 27.2 Å². The van der Waals surface area contributed by atoms with E-state index in [2.05, 4.69) is 11.8 Å². The zero-order chi connectivity index (χ0) is 17.6. The maximum Gasteiger partial charge on any atom is 0.211 e. The summed E-state index contributed by atoms with van der Waals surface area (Å²) in [5.41, 5.74) is 2.50. The highest BCUT2D eigenvalue weighted by atomic mass is 32.1. The molecule has 1 aromatic heterocycles. The van der Waals surface area contributed by atoms with Crippen LogP contribution >= 0.6 is 11.3 Å². The second-order valence-electron chi connectivity index (χ2n) is 6.34. The van der Waals surface area contributed by atoms with Crippen LogP contribution in [0.5, 0.6) is 5.75 Å². The number of halogens is 1. The minimum Gasteiger partial charge on any atom is -0.497 e. The van der Waals surface area contributed by atoms with Crippen molar-refractivity contribution < 1.29 is 9.13 Å². The van der Waals surface area contributed by atoms with Gasteiger partial charge in [0.1, 0.15) is 17.3 Å². The van der Waals surface area contributed by atoms with Crippen LogP contribution in [0.1, 0.15) is 18.9 Å². The predicted molar refractivity (Wildman–Crippen MR) is 101 cm³/mol. The Bertz CT molecular complexity index is 1010. The maximum atomic E-state index is 13.6. The number of hydrogen-bond donors (Lipinski definition) is 0. The molecule has 0 fully saturated rings. The minimum atomic E-state index is -0.235. The molecular formula is C20H18FNO2S. The monoisotopic (exact) mass is 355 g/mol. The number of anilines is 2. The molecule has 3 aromatic rings. The van der Waals surface area contributed by atoms with Crippen LogP contribution < -0.4 is 15.1 Å². The molecule has 5 heteroatoms. The Hall–Kier alpha value is -2.40. The lowest BCUT2D eigenvalue weighted by atomic mass is 9.96. The van der Waals surface area contributed by atoms with E-state index in [0.29, 0.717) is 16.8 Å². The number of rotatable bonds is 2. The van der Waals surface area contributed by atoms with E-state index in [-0.39, 0.29) is 17.3 Å². The van der Waals surface area contributed by atoms with Gasteiger partial charge in [-0.05, 0) is 61.7 Å². The minimum absolute atomic E-state index is 0.0170. The summed E-state index contributed by atoms with van der Waals surface area (Å²) in [6.45, 7) is 2.10. The molecule has 2 heterocycles. The van der Waals surface area contributed by atoms with Gasteiger partial charge in [0.25, 0.3) is 0 Å². The topological polar surface area (TPSA) is 29.5 Å². The third kappa shape index (κ3) is 2.68. The van der Waals surface area contributed by atoms with Crippen molar-refractivity contribution in [1.82, 2.24) is 0 Å². The Balaban J connectivity index is 1.92. The predicted octanol–water partition coefficient (Wildman–Crippen LogP) is 4.88. The van der Waals surface area contributed by atoms with Crippen molar-refractivity contribution in [3.05, 3.63) is 63.4 Å². The van der Waals surface area contributed by atoms with E-state index in [1.54, 1.807) is 25.3 Å². The molecule has 1 unspecified atom stereocenters. The Kier molecular flexibility index (Phi) is 3.96. The Labute approximate surface area is 149 Å². The molecule has 2 aromatic carbocycles. The van der Waals surface area contributed by atoms with E-state index in [1.807, 2.05) is 17.5 Å². The van der Waals surface area contributed by atoms with Crippen molar-refractivity contribution in [1.29, 1.82) is 0 Å². The molecule has 1 atom stereocenters. The molecule has 25 heavy (non-hydrogen) atoms. The molecule has 0 N–H and O–H groups in total. The number of methoxy groups -OCH3 is 1. The quantitative estimate of drug-likeness (QED) is 0.656. The number of hydrogen-bond acceptors (Lipinski definition) is 4. The number of aryl methyl sites for hydroxylation is 1. The van der Waals surface area contributed by atoms with E-state index >= 15 is 0 Å². The number of fused-ring (bicyclic) bond motifs is 2. The van der Waals surface area contributed by atoms with Gasteiger partial charge in [0.15, 0.2) is 0 Å². The molecule has 0 aliphatic carbocycles. The van der Waals surface area contributed by atoms with Crippen LogP contribution in [-0.2, 0) is 6.42 Å². The molecule has 0 amide bonds. The summed E-state index contributed by atoms with van der Waals surface area (Å²) in [4.78, 5) is 15.2. The molecule has 0 saturated carbocycles. The van der Waals surface area contributed by atoms with Crippen molar-refractivity contribution >= 4 is 32.8 Å². The number of benzene rings is 2. The summed E-state index contributed by atoms with van der Waals surface area (Å²) in [6.07, 6.45) is 1.71. The summed E-state index contributed by atoms with van der Waals surface area (Å²) in [5, 5.41) is 2.56. The Morgan fingerprint density at radius 3 is 2.84 bits per heavy atom. The van der Waals surface area contributed by atoms with E-state index < -0.39 is 0 Å². The van der Waals surface area contributed by atoms with Crippen molar-refractivity contribution in [3.8, 4) is 5.75 Å². The lowest BCUT2D eigenvalue weighted by molar-refractivity contribution is 0.415. The second-order valence-corrected chi connectivity index (χ2v) is 7.25. The van der Waals surface area contributed by atoms with Crippen LogP contribution in [-0.4, -0.2) is 13.2 Å². The van der Waals surface area contributed by atoms with E-state index in [0.717, 1.165) is 28.8 Å². The van der Waals surface area contributed by atoms with Crippen molar-refractivity contribution in [3.63, 3.8) is 0 Å². The molecular weight excluding hydrogens is 337 g/mol. The third-order valence-electron chi connectivity index (χ3n) is 4.79. The Morgan fingerprint density at radius 2 is 2.04 bits per heavy atom. The molecule has 0 radical (unpaired) electrons. The summed E-state index contributed by atoms with van der Waals surface area (Å²) in [6, 6.07) is 10.6. The van der Waals surface area contributed by atoms with Crippen LogP contribution in [0.3, 0.4) is 0 Å². The van der Waals surface area contributed by atoms with Crippen LogP contribution in [0.15, 0.2) is 46.6 Å². The highest BCUT2D eigenvalue weighted by molar-refractivity contribution is 7.16. The molecule has 128 valence electrons. The van der Waals surface area contributed by atoms with Gasteiger partial charge in [-0.1, -0.05) is 0 Å². The van der Waals surface area contributed by atoms with Crippen molar-refractivity contribution in [2.75, 3.05) is 12.0 Å². The van der Waals surface area contributed by atoms with E-state index in [1.165, 1.54) is 17.4 Å². The fraction of sp³-hybridized carbons (Fsp3) is 0.250. The van der Waals surface area contributed by atoms with Gasteiger partial charge in [0.2, 0.25) is 5.43 Å². The van der Waals surface area contributed by atoms with Gasteiger partial charge in [-0.2, -0.15) is 0 Å². The fourth-order valence-electron chi connectivity index (χ4n) is 3.48. The third-order valence-corrected chi connectivity index (χ3v) is 5.75. The standard InChI is InChI=1S/C20H18FNO2S/c1-12-3-4-13-9-14(21)5-7-17(13)22(12)18-11-25-19-8-6-15(24-2)10-16(19)20(18)23/h5-12H,3-4H2,1-2H3. The molecule has 3 nitrogen and oxygen atoms in total. The largest absolute Gasteiger partial charge is 0.497 e. The first-order valence-corrected chi connectivity index (χ1v) is 9.13. The first-order valence-electron chi connectivity index (χ1n) is 8.25. The zero-order valence-corrected chi connectivity index (χ0v) is 14.9. The highest BCUT2D eigenvalue weighted by Crippen LogP contribution is 2.37. The summed E-state index contributed by atoms with van der Waals surface area (Å²) in [7, 11) is 1.59. The Morgan fingerprint density at radius 1 is 1.20 bits per heavy atom. The van der Waals surface area contributed by atoms with Crippen LogP contribution in [0.25, 0.3) is 10.1 Å². The molecule has 4 rings (SSSR count). The smallest absolute Gasteiger partial charge is 0.211 e. The molecule has 1 aliphatic rings. The molecule has 1 aliphatic heterocycles. The normalized spacial score (nSPS) is 16.8. The average Bonchev–Trinajstić information content (AvgIpc) is 2.63. The van der Waals surface area contributed by atoms with E-state index in [4.69, 9.17) is 4.74 Å². The number of nitrogens with zero attached hydrogens (tertiary/aromatic N) is 1. The van der Waals surface area contributed by atoms with Gasteiger partial charge < -0.3 is 9.64 Å². The van der Waals surface area contributed by atoms with Gasteiger partial charge >= 0.3 is 0 Å². The van der Waals surface area contributed by atoms with Gasteiger partial charge in [0.05, 0.1) is 7.11 Å². The van der Waals surface area contributed by atoms with Crippen LogP contribution in [0.2, 0.25) is 0 Å². The summed E-state index contributed by atoms with van der Waals surface area (Å²) >= 11 is 1.54. The fourth-order valence-corrected chi connectivity index (χ4v) is 4.37. The molecule has 0 saturated heterocycles. The first kappa shape index (κ1) is 16.1. The highest BCUT2D eigenvalue weighted by Gasteiger charge is 2.27. The second kappa shape index (κ2) is 6.15. The lowest BCUT2D eigenvalue weighted by Crippen LogP contribution is -2.36. The van der Waals surface area contributed by atoms with Gasteiger partial charge in [-0.3, -0.25) is 4.79 Å². The summed E-state index contributed by atoms with van der Waals surface area (Å²) < 4.78 is 19.8. The average molecular weight is 355 g/mol. The first-order chi connectivity index (χ1) is 12.1. The molecule has 0 spiro atoms. The van der Waals surface area contributed by atoms with Crippen molar-refractivity contribution in [2.45, 2.75) is 25.8 Å². The summed E-state index contributed by atoms with van der Waals surface area (Å²) in [5.74, 6) is 0.435. The van der Waals surface area contributed by atoms with Gasteiger partial charge in [-0.15, -0.1) is 11.3 Å². The van der Waals surface area contributed by atoms with Gasteiger partial charge in [-0.25, -0.2) is 4.39 Å².